The molecule has 0 radical (unpaired) electrons. The Bertz CT molecular complexity index is 956. The zero-order valence-electron chi connectivity index (χ0n) is 33.6. The summed E-state index contributed by atoms with van der Waals surface area (Å²) in [6, 6.07) is 0. The Morgan fingerprint density at radius 2 is 1.20 bits per heavy atom. The summed E-state index contributed by atoms with van der Waals surface area (Å²) in [5.74, 6) is 1.29. The van der Waals surface area contributed by atoms with Crippen molar-refractivity contribution in [3.8, 4) is 0 Å². The first-order valence-corrected chi connectivity index (χ1v) is 21.5. The molecule has 6 nitrogen and oxygen atoms in total. The summed E-state index contributed by atoms with van der Waals surface area (Å²) >= 11 is 0. The highest BCUT2D eigenvalue weighted by Gasteiger charge is 2.15. The van der Waals surface area contributed by atoms with Crippen LogP contribution in [0, 0.1) is 17.8 Å². The molecule has 3 atom stereocenters. The predicted molar refractivity (Wildman–Crippen MR) is 213 cm³/mol. The van der Waals surface area contributed by atoms with Crippen molar-refractivity contribution >= 4 is 11.9 Å². The van der Waals surface area contributed by atoms with E-state index in [9.17, 15) is 9.59 Å². The highest BCUT2D eigenvalue weighted by Crippen LogP contribution is 2.23. The van der Waals surface area contributed by atoms with E-state index in [0.29, 0.717) is 32.0 Å². The average Bonchev–Trinajstić information content (AvgIpc) is 3.12. The van der Waals surface area contributed by atoms with Gasteiger partial charge in [0, 0.05) is 19.5 Å². The van der Waals surface area contributed by atoms with Gasteiger partial charge in [-0.25, -0.2) is 0 Å². The van der Waals surface area contributed by atoms with E-state index in [1.807, 2.05) is 6.08 Å². The molecule has 0 spiro atoms. The van der Waals surface area contributed by atoms with E-state index in [4.69, 9.17) is 14.2 Å². The Hall–Kier alpha value is -2.06. The Labute approximate surface area is 314 Å². The molecule has 51 heavy (non-hydrogen) atoms. The summed E-state index contributed by atoms with van der Waals surface area (Å²) in [5, 5.41) is 0. The second-order valence-electron chi connectivity index (χ2n) is 15.2. The fraction of sp³-hybridized carbons (Fsp3) is 0.844. The lowest BCUT2D eigenvalue weighted by molar-refractivity contribution is -0.145. The summed E-state index contributed by atoms with van der Waals surface area (Å²) in [7, 11) is 0. The molecule has 0 aromatic carbocycles. The maximum atomic E-state index is 12.4. The van der Waals surface area contributed by atoms with E-state index in [2.05, 4.69) is 49.4 Å². The van der Waals surface area contributed by atoms with Gasteiger partial charge in [-0.3, -0.25) is 14.5 Å². The van der Waals surface area contributed by atoms with E-state index in [0.717, 1.165) is 77.2 Å². The first kappa shape index (κ1) is 47.0. The number of ether oxygens (including phenoxy) is 3. The molecule has 1 heterocycles. The largest absolute Gasteiger partial charge is 0.466 e. The fourth-order valence-corrected chi connectivity index (χ4v) is 7.05. The summed E-state index contributed by atoms with van der Waals surface area (Å²) in [4.78, 5) is 27.1. The molecule has 0 bridgehead atoms. The molecule has 1 aliphatic heterocycles. The van der Waals surface area contributed by atoms with Crippen molar-refractivity contribution < 1.29 is 23.8 Å². The van der Waals surface area contributed by atoms with Gasteiger partial charge >= 0.3 is 11.9 Å². The van der Waals surface area contributed by atoms with Crippen LogP contribution in [0.1, 0.15) is 181 Å². The second-order valence-corrected chi connectivity index (χ2v) is 15.2. The molecular weight excluding hydrogens is 634 g/mol. The first-order chi connectivity index (χ1) is 25.0. The molecule has 3 unspecified atom stereocenters. The molecule has 294 valence electrons. The lowest BCUT2D eigenvalue weighted by atomic mass is 9.91. The molecule has 0 amide bonds. The van der Waals surface area contributed by atoms with Crippen LogP contribution < -0.4 is 0 Å². The number of hydrogen-bond donors (Lipinski definition) is 0. The second kappa shape index (κ2) is 35.0. The van der Waals surface area contributed by atoms with Crippen LogP contribution in [0.5, 0.6) is 0 Å². The third kappa shape index (κ3) is 30.1. The van der Waals surface area contributed by atoms with Crippen LogP contribution in [-0.2, 0) is 23.8 Å². The van der Waals surface area contributed by atoms with Crippen molar-refractivity contribution in [2.24, 2.45) is 17.8 Å². The molecule has 1 saturated heterocycles. The zero-order valence-corrected chi connectivity index (χ0v) is 33.6. The number of carbonyl (C=O) groups is 2. The number of unbranched alkanes of at least 4 members (excludes halogenated alkanes) is 14. The molecule has 1 rings (SSSR count). The van der Waals surface area contributed by atoms with Crippen LogP contribution in [0.25, 0.3) is 0 Å². The minimum atomic E-state index is -0.101. The first-order valence-electron chi connectivity index (χ1n) is 21.5. The van der Waals surface area contributed by atoms with Crippen LogP contribution >= 0.6 is 0 Å². The molecule has 0 N–H and O–H groups in total. The highest BCUT2D eigenvalue weighted by molar-refractivity contribution is 5.70. The van der Waals surface area contributed by atoms with Gasteiger partial charge in [0.05, 0.1) is 32.8 Å². The number of morpholine rings is 1. The normalized spacial score (nSPS) is 14.9. The van der Waals surface area contributed by atoms with Crippen LogP contribution in [0.3, 0.4) is 0 Å². The number of rotatable bonds is 34. The highest BCUT2D eigenvalue weighted by atomic mass is 16.5. The molecule has 1 fully saturated rings. The van der Waals surface area contributed by atoms with Crippen molar-refractivity contribution in [1.82, 2.24) is 4.90 Å². The molecule has 0 aliphatic carbocycles. The van der Waals surface area contributed by atoms with Crippen LogP contribution in [-0.4, -0.2) is 62.9 Å². The van der Waals surface area contributed by atoms with Crippen molar-refractivity contribution in [2.75, 3.05) is 46.1 Å². The number of carbonyl (C=O) groups excluding carboxylic acids is 2. The summed E-state index contributed by atoms with van der Waals surface area (Å²) in [5.41, 5.74) is 8.29. The topological polar surface area (TPSA) is 65.1 Å². The van der Waals surface area contributed by atoms with Crippen LogP contribution in [0.4, 0.5) is 0 Å². The molecule has 0 aromatic rings. The molecule has 1 aliphatic rings. The van der Waals surface area contributed by atoms with Crippen molar-refractivity contribution in [3.63, 3.8) is 0 Å². The van der Waals surface area contributed by atoms with Gasteiger partial charge in [-0.2, -0.15) is 0 Å². The molecule has 0 saturated carbocycles. The summed E-state index contributed by atoms with van der Waals surface area (Å²) in [6.45, 7) is 16.3. The number of hydrogen-bond acceptors (Lipinski definition) is 6. The molecule has 0 aromatic heterocycles. The van der Waals surface area contributed by atoms with Gasteiger partial charge < -0.3 is 14.2 Å². The van der Waals surface area contributed by atoms with E-state index in [1.54, 1.807) is 0 Å². The van der Waals surface area contributed by atoms with E-state index in [1.165, 1.54) is 109 Å². The van der Waals surface area contributed by atoms with Gasteiger partial charge in [-0.05, 0) is 68.4 Å². The van der Waals surface area contributed by atoms with E-state index < -0.39 is 0 Å². The van der Waals surface area contributed by atoms with Gasteiger partial charge in [0.2, 0.25) is 0 Å². The lowest BCUT2D eigenvalue weighted by Gasteiger charge is -2.28. The Morgan fingerprint density at radius 1 is 0.686 bits per heavy atom. The third-order valence-electron chi connectivity index (χ3n) is 10.4. The van der Waals surface area contributed by atoms with Gasteiger partial charge in [-0.15, -0.1) is 0 Å². The van der Waals surface area contributed by atoms with Crippen molar-refractivity contribution in [2.45, 2.75) is 181 Å². The Balaban J connectivity index is 2.19. The minimum Gasteiger partial charge on any atom is -0.466 e. The standard InChI is InChI=1S/C45H79NO5/c1-5-8-19-26-41(4)39-44(47)50-35-24-17-13-11-15-22-27-42(31-32-46-33-37-49-38-34-46)28-23-16-12-14-18-25-36-51-45(48)40-43(29-20-9-6-2)30-21-10-7-3/h29,41-43H,2,5,7-8,10-19,21-28,30-40H2,1,3-4H3. The third-order valence-corrected chi connectivity index (χ3v) is 10.4. The SMILES string of the molecule is C=C=C=C=CC(CCCCC)CC(=O)OCCCCCCCCC(CCCCCCCCOC(=O)CC(C)CCCCC)CCN1CCOCC1. The maximum Gasteiger partial charge on any atom is 0.306 e. The van der Waals surface area contributed by atoms with Gasteiger partial charge in [0.15, 0.2) is 0 Å². The number of esters is 2. The van der Waals surface area contributed by atoms with Gasteiger partial charge in [0.25, 0.3) is 0 Å². The Morgan fingerprint density at radius 3 is 1.76 bits per heavy atom. The quantitative estimate of drug-likeness (QED) is 0.0376. The van der Waals surface area contributed by atoms with Crippen LogP contribution in [0.2, 0.25) is 0 Å². The maximum absolute atomic E-state index is 12.4. The van der Waals surface area contributed by atoms with Crippen molar-refractivity contribution in [1.29, 1.82) is 0 Å². The number of nitrogens with zero attached hydrogens (tertiary/aromatic N) is 1. The van der Waals surface area contributed by atoms with Gasteiger partial charge in [0.1, 0.15) is 0 Å². The zero-order chi connectivity index (χ0) is 37.0. The Kier molecular flexibility index (Phi) is 32.2. The van der Waals surface area contributed by atoms with Crippen LogP contribution in [0.15, 0.2) is 29.8 Å². The van der Waals surface area contributed by atoms with E-state index >= 15 is 0 Å². The van der Waals surface area contributed by atoms with E-state index in [-0.39, 0.29) is 17.9 Å². The predicted octanol–water partition coefficient (Wildman–Crippen LogP) is 11.7. The minimum absolute atomic E-state index is 0.0117. The molecule has 6 heteroatoms. The summed E-state index contributed by atoms with van der Waals surface area (Å²) < 4.78 is 16.6. The smallest absolute Gasteiger partial charge is 0.306 e. The number of allylic oxidation sites excluding steroid dienone is 1. The monoisotopic (exact) mass is 714 g/mol. The average molecular weight is 714 g/mol. The fourth-order valence-electron chi connectivity index (χ4n) is 7.05. The van der Waals surface area contributed by atoms with Crippen molar-refractivity contribution in [3.05, 3.63) is 29.8 Å². The lowest BCUT2D eigenvalue weighted by Crippen LogP contribution is -2.37. The molecular formula is C45H79NO5. The summed E-state index contributed by atoms with van der Waals surface area (Å²) in [6.07, 6.45) is 30.7. The van der Waals surface area contributed by atoms with Gasteiger partial charge in [-0.1, -0.05) is 154 Å².